The van der Waals surface area contributed by atoms with Gasteiger partial charge in [-0.25, -0.2) is 9.78 Å². The van der Waals surface area contributed by atoms with Crippen molar-refractivity contribution in [2.75, 3.05) is 14.2 Å². The Morgan fingerprint density at radius 1 is 1.21 bits per heavy atom. The number of benzene rings is 1. The van der Waals surface area contributed by atoms with E-state index in [2.05, 4.69) is 4.98 Å². The Hall–Kier alpha value is -2.80. The number of nitrogens with zero attached hydrogens (tertiary/aromatic N) is 1. The molecule has 0 saturated carbocycles. The third-order valence-corrected chi connectivity index (χ3v) is 4.12. The second-order valence-corrected chi connectivity index (χ2v) is 5.69. The molecule has 3 rings (SSSR count). The van der Waals surface area contributed by atoms with Crippen molar-refractivity contribution in [1.82, 2.24) is 4.98 Å². The predicted molar refractivity (Wildman–Crippen MR) is 88.5 cm³/mol. The number of esters is 1. The van der Waals surface area contributed by atoms with E-state index in [0.717, 1.165) is 4.88 Å². The molecule has 0 radical (unpaired) electrons. The SMILES string of the molecule is COc1cccc(C(=O)OCc2coc(-c3cccs3)n2)c1OC. The van der Waals surface area contributed by atoms with E-state index in [1.807, 2.05) is 17.5 Å². The van der Waals surface area contributed by atoms with Crippen molar-refractivity contribution in [2.45, 2.75) is 6.61 Å². The fourth-order valence-corrected chi connectivity index (χ4v) is 2.81. The van der Waals surface area contributed by atoms with Gasteiger partial charge in [0, 0.05) is 0 Å². The molecule has 24 heavy (non-hydrogen) atoms. The molecule has 0 atom stereocenters. The molecule has 3 aromatic rings. The third kappa shape index (κ3) is 3.26. The largest absolute Gasteiger partial charge is 0.493 e. The number of ether oxygens (including phenoxy) is 3. The number of hydrogen-bond acceptors (Lipinski definition) is 7. The molecule has 0 N–H and O–H groups in total. The van der Waals surface area contributed by atoms with E-state index in [1.165, 1.54) is 31.8 Å². The van der Waals surface area contributed by atoms with E-state index in [9.17, 15) is 4.79 Å². The Kier molecular flexibility index (Phi) is 4.81. The summed E-state index contributed by atoms with van der Waals surface area (Å²) in [6.45, 7) is 0.00801. The summed E-state index contributed by atoms with van der Waals surface area (Å²) in [5.41, 5.74) is 0.826. The average Bonchev–Trinajstić information content (AvgIpc) is 3.29. The fraction of sp³-hybridized carbons (Fsp3) is 0.176. The number of methoxy groups -OCH3 is 2. The Morgan fingerprint density at radius 2 is 2.08 bits per heavy atom. The zero-order valence-electron chi connectivity index (χ0n) is 13.1. The summed E-state index contributed by atoms with van der Waals surface area (Å²) >= 11 is 1.53. The fourth-order valence-electron chi connectivity index (χ4n) is 2.15. The Morgan fingerprint density at radius 3 is 2.79 bits per heavy atom. The van der Waals surface area contributed by atoms with Crippen LogP contribution in [0.25, 0.3) is 10.8 Å². The maximum atomic E-state index is 12.3. The van der Waals surface area contributed by atoms with E-state index in [-0.39, 0.29) is 6.61 Å². The number of oxazole rings is 1. The molecule has 124 valence electrons. The number of rotatable bonds is 6. The molecule has 6 nitrogen and oxygen atoms in total. The van der Waals surface area contributed by atoms with E-state index in [0.29, 0.717) is 28.6 Å². The van der Waals surface area contributed by atoms with Gasteiger partial charge in [0.2, 0.25) is 5.89 Å². The summed E-state index contributed by atoms with van der Waals surface area (Å²) in [7, 11) is 2.98. The molecule has 0 unspecified atom stereocenters. The highest BCUT2D eigenvalue weighted by Crippen LogP contribution is 2.31. The van der Waals surface area contributed by atoms with E-state index < -0.39 is 5.97 Å². The first-order chi connectivity index (χ1) is 11.7. The van der Waals surface area contributed by atoms with Crippen LogP contribution in [0.2, 0.25) is 0 Å². The molecule has 0 amide bonds. The highest BCUT2D eigenvalue weighted by Gasteiger charge is 2.18. The highest BCUT2D eigenvalue weighted by molar-refractivity contribution is 7.13. The molecule has 2 heterocycles. The van der Waals surface area contributed by atoms with Crippen LogP contribution in [-0.4, -0.2) is 25.2 Å². The van der Waals surface area contributed by atoms with Crippen molar-refractivity contribution < 1.29 is 23.4 Å². The molecule has 0 fully saturated rings. The first-order valence-electron chi connectivity index (χ1n) is 7.09. The van der Waals surface area contributed by atoms with Crippen LogP contribution in [0.3, 0.4) is 0 Å². The van der Waals surface area contributed by atoms with Crippen molar-refractivity contribution in [3.8, 4) is 22.3 Å². The van der Waals surface area contributed by atoms with Crippen molar-refractivity contribution in [3.63, 3.8) is 0 Å². The van der Waals surface area contributed by atoms with Gasteiger partial charge in [-0.15, -0.1) is 11.3 Å². The lowest BCUT2D eigenvalue weighted by molar-refractivity contribution is 0.0463. The lowest BCUT2D eigenvalue weighted by Gasteiger charge is -2.11. The van der Waals surface area contributed by atoms with E-state index in [1.54, 1.807) is 18.2 Å². The van der Waals surface area contributed by atoms with E-state index >= 15 is 0 Å². The second kappa shape index (κ2) is 7.18. The third-order valence-electron chi connectivity index (χ3n) is 3.26. The van der Waals surface area contributed by atoms with Gasteiger partial charge in [-0.05, 0) is 23.6 Å². The second-order valence-electron chi connectivity index (χ2n) is 4.74. The van der Waals surface area contributed by atoms with Crippen LogP contribution in [0.1, 0.15) is 16.1 Å². The van der Waals surface area contributed by atoms with Gasteiger partial charge in [0.25, 0.3) is 0 Å². The molecular weight excluding hydrogens is 330 g/mol. The van der Waals surface area contributed by atoms with Gasteiger partial charge >= 0.3 is 5.97 Å². The molecule has 0 saturated heterocycles. The van der Waals surface area contributed by atoms with Gasteiger partial charge < -0.3 is 18.6 Å². The Labute approximate surface area is 142 Å². The highest BCUT2D eigenvalue weighted by atomic mass is 32.1. The van der Waals surface area contributed by atoms with Gasteiger partial charge in [-0.2, -0.15) is 0 Å². The maximum Gasteiger partial charge on any atom is 0.342 e. The molecule has 0 aliphatic carbocycles. The smallest absolute Gasteiger partial charge is 0.342 e. The van der Waals surface area contributed by atoms with Gasteiger partial charge in [0.05, 0.1) is 19.1 Å². The lowest BCUT2D eigenvalue weighted by atomic mass is 10.2. The molecule has 0 aliphatic rings. The van der Waals surface area contributed by atoms with Gasteiger partial charge in [-0.3, -0.25) is 0 Å². The zero-order chi connectivity index (χ0) is 16.9. The number of hydrogen-bond donors (Lipinski definition) is 0. The van der Waals surface area contributed by atoms with Gasteiger partial charge in [0.1, 0.15) is 24.1 Å². The van der Waals surface area contributed by atoms with Crippen LogP contribution in [-0.2, 0) is 11.3 Å². The van der Waals surface area contributed by atoms with Gasteiger partial charge in [-0.1, -0.05) is 12.1 Å². The van der Waals surface area contributed by atoms with Crippen LogP contribution >= 0.6 is 11.3 Å². The van der Waals surface area contributed by atoms with Crippen molar-refractivity contribution in [2.24, 2.45) is 0 Å². The summed E-state index contributed by atoms with van der Waals surface area (Å²) in [6, 6.07) is 8.85. The quantitative estimate of drug-likeness (QED) is 0.633. The number of carbonyl (C=O) groups excluding carboxylic acids is 1. The summed E-state index contributed by atoms with van der Waals surface area (Å²) in [5, 5.41) is 1.94. The summed E-state index contributed by atoms with van der Waals surface area (Å²) < 4.78 is 21.1. The minimum Gasteiger partial charge on any atom is -0.493 e. The topological polar surface area (TPSA) is 70.8 Å². The molecular formula is C17H15NO5S. The van der Waals surface area contributed by atoms with Crippen LogP contribution in [0.15, 0.2) is 46.4 Å². The molecule has 1 aromatic carbocycles. The van der Waals surface area contributed by atoms with Crippen molar-refractivity contribution in [1.29, 1.82) is 0 Å². The van der Waals surface area contributed by atoms with E-state index in [4.69, 9.17) is 18.6 Å². The first-order valence-corrected chi connectivity index (χ1v) is 7.97. The minimum atomic E-state index is -0.522. The van der Waals surface area contributed by atoms with Crippen LogP contribution in [0.4, 0.5) is 0 Å². The number of aromatic nitrogens is 1. The van der Waals surface area contributed by atoms with Crippen LogP contribution < -0.4 is 9.47 Å². The van der Waals surface area contributed by atoms with Crippen molar-refractivity contribution >= 4 is 17.3 Å². The molecule has 0 aliphatic heterocycles. The normalized spacial score (nSPS) is 10.4. The lowest BCUT2D eigenvalue weighted by Crippen LogP contribution is -2.08. The summed E-state index contributed by atoms with van der Waals surface area (Å²) in [5.74, 6) is 0.791. The van der Waals surface area contributed by atoms with Crippen molar-refractivity contribution in [3.05, 3.63) is 53.2 Å². The van der Waals surface area contributed by atoms with Gasteiger partial charge in [0.15, 0.2) is 11.5 Å². The molecule has 0 bridgehead atoms. The zero-order valence-corrected chi connectivity index (χ0v) is 14.0. The summed E-state index contributed by atoms with van der Waals surface area (Å²) in [4.78, 5) is 17.5. The molecule has 0 spiro atoms. The Bertz CT molecular complexity index is 825. The number of carbonyl (C=O) groups is 1. The molecule has 2 aromatic heterocycles. The number of thiophene rings is 1. The summed E-state index contributed by atoms with van der Waals surface area (Å²) in [6.07, 6.45) is 1.48. The standard InChI is InChI=1S/C17H15NO5S/c1-20-13-6-3-5-12(15(13)21-2)17(19)23-10-11-9-22-16(18-11)14-7-4-8-24-14/h3-9H,10H2,1-2H3. The number of para-hydroxylation sites is 1. The Balaban J connectivity index is 1.70. The average molecular weight is 345 g/mol. The van der Waals surface area contributed by atoms with Crippen LogP contribution in [0, 0.1) is 0 Å². The molecule has 7 heteroatoms. The predicted octanol–water partition coefficient (Wildman–Crippen LogP) is 3.78. The van der Waals surface area contributed by atoms with Crippen LogP contribution in [0.5, 0.6) is 11.5 Å². The first kappa shape index (κ1) is 16.1. The maximum absolute atomic E-state index is 12.3. The minimum absolute atomic E-state index is 0.00801. The monoisotopic (exact) mass is 345 g/mol.